The first-order valence-corrected chi connectivity index (χ1v) is 11.0. The molecule has 0 unspecified atom stereocenters. The third-order valence-electron chi connectivity index (χ3n) is 4.76. The summed E-state index contributed by atoms with van der Waals surface area (Å²) < 4.78 is 6.88. The molecule has 0 aliphatic heterocycles. The molecule has 6 nitrogen and oxygen atoms in total. The zero-order chi connectivity index (χ0) is 21.5. The van der Waals surface area contributed by atoms with Crippen LogP contribution in [0, 0.1) is 5.92 Å². The van der Waals surface area contributed by atoms with Gasteiger partial charge in [0.15, 0.2) is 0 Å². The molecule has 30 heavy (non-hydrogen) atoms. The van der Waals surface area contributed by atoms with E-state index in [4.69, 9.17) is 4.74 Å². The van der Waals surface area contributed by atoms with Crippen LogP contribution in [0.3, 0.4) is 0 Å². The Morgan fingerprint density at radius 1 is 1.17 bits per heavy atom. The second-order valence-electron chi connectivity index (χ2n) is 7.39. The van der Waals surface area contributed by atoms with Crippen molar-refractivity contribution in [2.75, 3.05) is 6.61 Å². The first kappa shape index (κ1) is 21.8. The summed E-state index contributed by atoms with van der Waals surface area (Å²) in [6, 6.07) is 14.5. The molecule has 158 valence electrons. The Morgan fingerprint density at radius 3 is 2.57 bits per heavy atom. The molecule has 0 aliphatic rings. The molecule has 0 radical (unpaired) electrons. The van der Waals surface area contributed by atoms with Gasteiger partial charge in [-0.1, -0.05) is 32.0 Å². The summed E-state index contributed by atoms with van der Waals surface area (Å²) in [6.45, 7) is 6.91. The van der Waals surface area contributed by atoms with E-state index in [1.807, 2.05) is 62.5 Å². The number of ether oxygens (including phenoxy) is 1. The van der Waals surface area contributed by atoms with Crippen LogP contribution in [0.1, 0.15) is 26.3 Å². The number of rotatable bonds is 9. The smallest absolute Gasteiger partial charge is 0.266 e. The highest BCUT2D eigenvalue weighted by Gasteiger charge is 2.19. The van der Waals surface area contributed by atoms with Crippen molar-refractivity contribution in [1.82, 2.24) is 15.1 Å². The molecule has 0 bridgehead atoms. The van der Waals surface area contributed by atoms with E-state index in [2.05, 4.69) is 10.4 Å². The van der Waals surface area contributed by atoms with Crippen molar-refractivity contribution in [3.63, 3.8) is 0 Å². The third-order valence-corrected chi connectivity index (χ3v) is 5.65. The van der Waals surface area contributed by atoms with E-state index in [0.717, 1.165) is 21.9 Å². The standard InChI is InChI=1S/C23H27N3O3S/c1-4-29-18-9-7-17(8-10-18)14-22(27)24-20(16(2)3)15-26-23(28)12-11-19(25-26)21-6-5-13-30-21/h5-13,16,20H,4,14-15H2,1-3H3,(H,24,27)/t20-/m1/s1. The fourth-order valence-corrected chi connectivity index (χ4v) is 3.75. The second kappa shape index (κ2) is 10.2. The van der Waals surface area contributed by atoms with Gasteiger partial charge in [-0.2, -0.15) is 5.10 Å². The van der Waals surface area contributed by atoms with Gasteiger partial charge in [0.25, 0.3) is 5.56 Å². The highest BCUT2D eigenvalue weighted by atomic mass is 32.1. The van der Waals surface area contributed by atoms with E-state index in [1.165, 1.54) is 10.7 Å². The topological polar surface area (TPSA) is 73.2 Å². The van der Waals surface area contributed by atoms with E-state index in [-0.39, 0.29) is 29.8 Å². The third kappa shape index (κ3) is 5.79. The Hall–Kier alpha value is -2.93. The molecule has 0 fully saturated rings. The predicted octanol–water partition coefficient (Wildman–Crippen LogP) is 3.75. The molecule has 1 atom stereocenters. The molecule has 2 aromatic heterocycles. The normalized spacial score (nSPS) is 12.0. The summed E-state index contributed by atoms with van der Waals surface area (Å²) in [6.07, 6.45) is 0.271. The van der Waals surface area contributed by atoms with Gasteiger partial charge in [0, 0.05) is 6.07 Å². The Morgan fingerprint density at radius 2 is 1.93 bits per heavy atom. The zero-order valence-electron chi connectivity index (χ0n) is 17.5. The van der Waals surface area contributed by atoms with Crippen LogP contribution in [0.25, 0.3) is 10.6 Å². The second-order valence-corrected chi connectivity index (χ2v) is 8.34. The van der Waals surface area contributed by atoms with Gasteiger partial charge in [0.2, 0.25) is 5.91 Å². The van der Waals surface area contributed by atoms with Crippen LogP contribution in [0.4, 0.5) is 0 Å². The van der Waals surface area contributed by atoms with Gasteiger partial charge in [0.1, 0.15) is 11.4 Å². The van der Waals surface area contributed by atoms with Gasteiger partial charge in [-0.25, -0.2) is 4.68 Å². The van der Waals surface area contributed by atoms with E-state index in [0.29, 0.717) is 13.2 Å². The number of amides is 1. The van der Waals surface area contributed by atoms with Crippen LogP contribution in [-0.4, -0.2) is 28.3 Å². The molecule has 1 N–H and O–H groups in total. The highest BCUT2D eigenvalue weighted by Crippen LogP contribution is 2.21. The van der Waals surface area contributed by atoms with Crippen LogP contribution < -0.4 is 15.6 Å². The summed E-state index contributed by atoms with van der Waals surface area (Å²) in [4.78, 5) is 26.0. The maximum atomic E-state index is 12.6. The van der Waals surface area contributed by atoms with Gasteiger partial charge in [0.05, 0.1) is 30.5 Å². The lowest BCUT2D eigenvalue weighted by Crippen LogP contribution is -2.44. The van der Waals surface area contributed by atoms with Crippen LogP contribution >= 0.6 is 11.3 Å². The Labute approximate surface area is 180 Å². The monoisotopic (exact) mass is 425 g/mol. The van der Waals surface area contributed by atoms with Crippen molar-refractivity contribution in [2.24, 2.45) is 5.92 Å². The molecular formula is C23H27N3O3S. The minimum absolute atomic E-state index is 0.0830. The van der Waals surface area contributed by atoms with Gasteiger partial charge < -0.3 is 10.1 Å². The minimum atomic E-state index is -0.205. The fraction of sp³-hybridized carbons (Fsp3) is 0.348. The van der Waals surface area contributed by atoms with Crippen LogP contribution in [0.2, 0.25) is 0 Å². The number of hydrogen-bond donors (Lipinski definition) is 1. The zero-order valence-corrected chi connectivity index (χ0v) is 18.3. The summed E-state index contributed by atoms with van der Waals surface area (Å²) in [7, 11) is 0. The molecule has 0 saturated carbocycles. The Balaban J connectivity index is 1.68. The average Bonchev–Trinajstić information content (AvgIpc) is 3.25. The summed E-state index contributed by atoms with van der Waals surface area (Å²) in [5, 5.41) is 9.55. The maximum Gasteiger partial charge on any atom is 0.266 e. The van der Waals surface area contributed by atoms with Crippen LogP contribution in [-0.2, 0) is 17.8 Å². The van der Waals surface area contributed by atoms with Gasteiger partial charge >= 0.3 is 0 Å². The van der Waals surface area contributed by atoms with Gasteiger partial charge in [-0.05, 0) is 48.1 Å². The predicted molar refractivity (Wildman–Crippen MR) is 120 cm³/mol. The fourth-order valence-electron chi connectivity index (χ4n) is 3.06. The number of thiophene rings is 1. The van der Waals surface area contributed by atoms with Crippen molar-refractivity contribution < 1.29 is 9.53 Å². The molecule has 0 spiro atoms. The van der Waals surface area contributed by atoms with Crippen LogP contribution in [0.15, 0.2) is 58.7 Å². The minimum Gasteiger partial charge on any atom is -0.494 e. The van der Waals surface area contributed by atoms with Crippen LogP contribution in [0.5, 0.6) is 5.75 Å². The molecule has 1 amide bonds. The summed E-state index contributed by atoms with van der Waals surface area (Å²) in [5.41, 5.74) is 1.49. The molecule has 3 rings (SSSR count). The summed E-state index contributed by atoms with van der Waals surface area (Å²) >= 11 is 1.58. The lowest BCUT2D eigenvalue weighted by Gasteiger charge is -2.23. The Bertz CT molecular complexity index is 1010. The molecule has 0 aliphatic carbocycles. The lowest BCUT2D eigenvalue weighted by molar-refractivity contribution is -0.121. The van der Waals surface area contributed by atoms with Gasteiger partial charge in [-0.15, -0.1) is 11.3 Å². The largest absolute Gasteiger partial charge is 0.494 e. The molecular weight excluding hydrogens is 398 g/mol. The molecule has 2 heterocycles. The van der Waals surface area contributed by atoms with E-state index < -0.39 is 0 Å². The molecule has 3 aromatic rings. The number of nitrogens with zero attached hydrogens (tertiary/aromatic N) is 2. The average molecular weight is 426 g/mol. The van der Waals surface area contributed by atoms with E-state index in [1.54, 1.807) is 17.4 Å². The SMILES string of the molecule is CCOc1ccc(CC(=O)N[C@H](Cn2nc(-c3cccs3)ccc2=O)C(C)C)cc1. The Kier molecular flexibility index (Phi) is 7.41. The number of hydrogen-bond acceptors (Lipinski definition) is 5. The maximum absolute atomic E-state index is 12.6. The number of benzene rings is 1. The number of carbonyl (C=O) groups is 1. The van der Waals surface area contributed by atoms with Crippen molar-refractivity contribution in [3.05, 3.63) is 69.8 Å². The lowest BCUT2D eigenvalue weighted by atomic mass is 10.0. The number of nitrogens with one attached hydrogen (secondary N) is 1. The van der Waals surface area contributed by atoms with Crippen molar-refractivity contribution in [1.29, 1.82) is 0 Å². The van der Waals surface area contributed by atoms with Crippen molar-refractivity contribution in [2.45, 2.75) is 39.8 Å². The molecule has 1 aromatic carbocycles. The van der Waals surface area contributed by atoms with Crippen molar-refractivity contribution in [3.8, 4) is 16.3 Å². The first-order chi connectivity index (χ1) is 14.5. The quantitative estimate of drug-likeness (QED) is 0.567. The number of aromatic nitrogens is 2. The van der Waals surface area contributed by atoms with E-state index >= 15 is 0 Å². The summed E-state index contributed by atoms with van der Waals surface area (Å²) in [5.74, 6) is 0.853. The molecule has 7 heteroatoms. The first-order valence-electron chi connectivity index (χ1n) is 10.1. The highest BCUT2D eigenvalue weighted by molar-refractivity contribution is 7.13. The number of carbonyl (C=O) groups excluding carboxylic acids is 1. The van der Waals surface area contributed by atoms with E-state index in [9.17, 15) is 9.59 Å². The van der Waals surface area contributed by atoms with Gasteiger partial charge in [-0.3, -0.25) is 9.59 Å². The van der Waals surface area contributed by atoms with Crippen molar-refractivity contribution >= 4 is 17.2 Å². The molecule has 0 saturated heterocycles.